The topological polar surface area (TPSA) is 70.2 Å². The summed E-state index contributed by atoms with van der Waals surface area (Å²) in [5.41, 5.74) is 2.95. The highest BCUT2D eigenvalue weighted by Gasteiger charge is 2.08. The lowest BCUT2D eigenvalue weighted by molar-refractivity contribution is -0.116. The van der Waals surface area contributed by atoms with E-state index in [-0.39, 0.29) is 18.4 Å². The molecule has 0 radical (unpaired) electrons. The van der Waals surface area contributed by atoms with Crippen LogP contribution in [0, 0.1) is 0 Å². The van der Waals surface area contributed by atoms with Gasteiger partial charge in [0, 0.05) is 22.8 Å². The van der Waals surface area contributed by atoms with Crippen LogP contribution in [0.3, 0.4) is 0 Å². The molecule has 0 fully saturated rings. The molecule has 0 atom stereocenters. The lowest BCUT2D eigenvalue weighted by atomic mass is 10.1. The highest BCUT2D eigenvalue weighted by atomic mass is 35.5. The molecule has 0 aliphatic rings. The highest BCUT2D eigenvalue weighted by Crippen LogP contribution is 2.25. The van der Waals surface area contributed by atoms with Gasteiger partial charge in [-0.25, -0.2) is 0 Å². The Bertz CT molecular complexity index is 1030. The van der Waals surface area contributed by atoms with E-state index < -0.39 is 0 Å². The molecule has 0 aliphatic heterocycles. The zero-order valence-corrected chi connectivity index (χ0v) is 17.6. The predicted octanol–water partition coefficient (Wildman–Crippen LogP) is 5.62. The van der Waals surface area contributed by atoms with Gasteiger partial charge in [-0.05, 0) is 48.4 Å². The average molecular weight is 442 g/mol. The summed E-state index contributed by atoms with van der Waals surface area (Å²) in [5, 5.41) is 9.52. The predicted molar refractivity (Wildman–Crippen MR) is 123 cm³/mol. The van der Waals surface area contributed by atoms with E-state index in [2.05, 4.69) is 16.0 Å². The molecule has 0 heterocycles. The Labute approximate surface area is 185 Å². The molecular weight excluding hydrogens is 421 g/mol. The van der Waals surface area contributed by atoms with Crippen molar-refractivity contribution in [3.05, 3.63) is 88.4 Å². The van der Waals surface area contributed by atoms with Crippen LogP contribution in [0.4, 0.5) is 17.1 Å². The average Bonchev–Trinajstić information content (AvgIpc) is 2.74. The largest absolute Gasteiger partial charge is 0.376 e. The molecule has 0 bridgehead atoms. The molecule has 0 unspecified atom stereocenters. The molecular formula is C23H21Cl2N3O2. The number of carbonyl (C=O) groups excluding carboxylic acids is 2. The van der Waals surface area contributed by atoms with Gasteiger partial charge in [0.05, 0.1) is 17.3 Å². The van der Waals surface area contributed by atoms with Crippen molar-refractivity contribution in [3.63, 3.8) is 0 Å². The van der Waals surface area contributed by atoms with Crippen molar-refractivity contribution in [2.24, 2.45) is 0 Å². The quantitative estimate of drug-likeness (QED) is 0.424. The van der Waals surface area contributed by atoms with Crippen molar-refractivity contribution >= 4 is 52.1 Å². The molecule has 0 aliphatic carbocycles. The van der Waals surface area contributed by atoms with E-state index in [1.54, 1.807) is 36.4 Å². The number of benzene rings is 3. The van der Waals surface area contributed by atoms with Gasteiger partial charge in [-0.15, -0.1) is 0 Å². The molecule has 154 valence electrons. The number of aryl methyl sites for hydroxylation is 1. The van der Waals surface area contributed by atoms with Crippen LogP contribution in [0.15, 0.2) is 72.8 Å². The Morgan fingerprint density at radius 1 is 0.767 bits per heavy atom. The van der Waals surface area contributed by atoms with Crippen molar-refractivity contribution in [1.29, 1.82) is 0 Å². The smallest absolute Gasteiger partial charge is 0.243 e. The van der Waals surface area contributed by atoms with Crippen molar-refractivity contribution in [1.82, 2.24) is 0 Å². The van der Waals surface area contributed by atoms with Gasteiger partial charge in [0.25, 0.3) is 0 Å². The maximum absolute atomic E-state index is 12.2. The van der Waals surface area contributed by atoms with Crippen LogP contribution in [-0.2, 0) is 16.0 Å². The van der Waals surface area contributed by atoms with Gasteiger partial charge < -0.3 is 16.0 Å². The normalized spacial score (nSPS) is 10.3. The van der Waals surface area contributed by atoms with E-state index in [9.17, 15) is 9.59 Å². The van der Waals surface area contributed by atoms with Gasteiger partial charge in [-0.1, -0.05) is 59.6 Å². The minimum atomic E-state index is -0.267. The number of halogens is 2. The lowest BCUT2D eigenvalue weighted by Crippen LogP contribution is -2.22. The zero-order chi connectivity index (χ0) is 21.3. The Hall–Kier alpha value is -3.02. The fourth-order valence-corrected chi connectivity index (χ4v) is 3.14. The molecule has 3 aromatic rings. The van der Waals surface area contributed by atoms with E-state index in [0.29, 0.717) is 39.9 Å². The number of rotatable bonds is 8. The molecule has 5 nitrogen and oxygen atoms in total. The van der Waals surface area contributed by atoms with Crippen molar-refractivity contribution in [2.75, 3.05) is 22.5 Å². The lowest BCUT2D eigenvalue weighted by Gasteiger charge is -2.11. The summed E-state index contributed by atoms with van der Waals surface area (Å²) < 4.78 is 0. The fraction of sp³-hybridized carbons (Fsp3) is 0.130. The first-order valence-electron chi connectivity index (χ1n) is 9.42. The molecule has 0 spiro atoms. The van der Waals surface area contributed by atoms with Crippen LogP contribution in [0.5, 0.6) is 0 Å². The molecule has 0 saturated heterocycles. The van der Waals surface area contributed by atoms with Crippen LogP contribution >= 0.6 is 23.2 Å². The maximum Gasteiger partial charge on any atom is 0.243 e. The molecule has 0 aromatic heterocycles. The molecule has 3 N–H and O–H groups in total. The first kappa shape index (κ1) is 21.7. The van der Waals surface area contributed by atoms with E-state index in [4.69, 9.17) is 23.2 Å². The number of hydrogen-bond acceptors (Lipinski definition) is 3. The number of amides is 2. The van der Waals surface area contributed by atoms with Crippen LogP contribution in [-0.4, -0.2) is 18.4 Å². The summed E-state index contributed by atoms with van der Waals surface area (Å²) in [6.45, 7) is 0.0360. The van der Waals surface area contributed by atoms with E-state index in [1.807, 2.05) is 36.4 Å². The van der Waals surface area contributed by atoms with E-state index in [1.165, 1.54) is 0 Å². The van der Waals surface area contributed by atoms with Gasteiger partial charge in [0.1, 0.15) is 0 Å². The number of carbonyl (C=O) groups is 2. The van der Waals surface area contributed by atoms with Crippen molar-refractivity contribution in [2.45, 2.75) is 12.8 Å². The molecule has 3 rings (SSSR count). The molecule has 7 heteroatoms. The van der Waals surface area contributed by atoms with Gasteiger partial charge in [-0.3, -0.25) is 9.59 Å². The monoisotopic (exact) mass is 441 g/mol. The standard InChI is InChI=1S/C23H21Cl2N3O2/c24-17-10-11-20(25)21(13-17)28-23(30)15-26-18-7-4-8-19(14-18)27-22(29)12-9-16-5-2-1-3-6-16/h1-8,10-11,13-14,26H,9,12,15H2,(H,27,29)(H,28,30). The van der Waals surface area contributed by atoms with Crippen LogP contribution in [0.1, 0.15) is 12.0 Å². The van der Waals surface area contributed by atoms with Crippen molar-refractivity contribution < 1.29 is 9.59 Å². The van der Waals surface area contributed by atoms with Gasteiger partial charge in [0.2, 0.25) is 11.8 Å². The molecule has 30 heavy (non-hydrogen) atoms. The molecule has 0 saturated carbocycles. The van der Waals surface area contributed by atoms with E-state index in [0.717, 1.165) is 5.56 Å². The number of nitrogens with one attached hydrogen (secondary N) is 3. The third-order valence-corrected chi connectivity index (χ3v) is 4.85. The minimum absolute atomic E-state index is 0.0360. The molecule has 3 aromatic carbocycles. The Balaban J connectivity index is 1.49. The fourth-order valence-electron chi connectivity index (χ4n) is 2.80. The summed E-state index contributed by atoms with van der Waals surface area (Å²) >= 11 is 12.0. The second-order valence-corrected chi connectivity index (χ2v) is 7.48. The Kier molecular flexibility index (Phi) is 7.71. The first-order chi connectivity index (χ1) is 14.5. The Morgan fingerprint density at radius 3 is 2.33 bits per heavy atom. The summed E-state index contributed by atoms with van der Waals surface area (Å²) in [6.07, 6.45) is 1.07. The van der Waals surface area contributed by atoms with E-state index >= 15 is 0 Å². The van der Waals surface area contributed by atoms with Gasteiger partial charge >= 0.3 is 0 Å². The number of anilines is 3. The van der Waals surface area contributed by atoms with Crippen LogP contribution in [0.2, 0.25) is 10.0 Å². The Morgan fingerprint density at radius 2 is 1.53 bits per heavy atom. The number of hydrogen-bond donors (Lipinski definition) is 3. The summed E-state index contributed by atoms with van der Waals surface area (Å²) in [6, 6.07) is 21.9. The summed E-state index contributed by atoms with van der Waals surface area (Å²) in [4.78, 5) is 24.4. The second-order valence-electron chi connectivity index (χ2n) is 6.64. The van der Waals surface area contributed by atoms with Gasteiger partial charge in [0.15, 0.2) is 0 Å². The third kappa shape index (κ3) is 6.79. The second kappa shape index (κ2) is 10.7. The highest BCUT2D eigenvalue weighted by molar-refractivity contribution is 6.35. The van der Waals surface area contributed by atoms with Gasteiger partial charge in [-0.2, -0.15) is 0 Å². The SMILES string of the molecule is O=C(CCc1ccccc1)Nc1cccc(NCC(=O)Nc2cc(Cl)ccc2Cl)c1. The molecule has 2 amide bonds. The minimum Gasteiger partial charge on any atom is -0.376 e. The third-order valence-electron chi connectivity index (χ3n) is 4.29. The van der Waals surface area contributed by atoms with Crippen molar-refractivity contribution in [3.8, 4) is 0 Å². The zero-order valence-electron chi connectivity index (χ0n) is 16.1. The van der Waals surface area contributed by atoms with Crippen LogP contribution in [0.25, 0.3) is 0 Å². The summed E-state index contributed by atoms with van der Waals surface area (Å²) in [7, 11) is 0. The summed E-state index contributed by atoms with van der Waals surface area (Å²) in [5.74, 6) is -0.333. The van der Waals surface area contributed by atoms with Crippen LogP contribution < -0.4 is 16.0 Å². The first-order valence-corrected chi connectivity index (χ1v) is 10.2. The maximum atomic E-state index is 12.2.